The van der Waals surface area contributed by atoms with Gasteiger partial charge in [0.15, 0.2) is 0 Å². The number of esters is 1. The van der Waals surface area contributed by atoms with Crippen LogP contribution in [0.5, 0.6) is 0 Å². The summed E-state index contributed by atoms with van der Waals surface area (Å²) in [4.78, 5) is 11.6. The molecule has 0 heterocycles. The minimum atomic E-state index is -0.378. The molecule has 2 heteroatoms. The number of carbonyl (C=O) groups excluding carboxylic acids is 1. The Labute approximate surface area is 162 Å². The summed E-state index contributed by atoms with van der Waals surface area (Å²) in [5.74, 6) is -0.103. The normalized spacial score (nSPS) is 12.9. The van der Waals surface area contributed by atoms with Crippen molar-refractivity contribution in [1.29, 1.82) is 0 Å². The molecule has 0 unspecified atom stereocenters. The second-order valence-corrected chi connectivity index (χ2v) is 7.57. The highest BCUT2D eigenvalue weighted by molar-refractivity contribution is 5.69. The molecule has 0 bridgehead atoms. The van der Waals surface area contributed by atoms with Gasteiger partial charge in [-0.1, -0.05) is 68.4 Å². The highest BCUT2D eigenvalue weighted by atomic mass is 16.6. The monoisotopic (exact) mass is 360 g/mol. The highest BCUT2D eigenvalue weighted by Crippen LogP contribution is 2.10. The standard InChI is InChI=1S/C24H40O2/c1-5-6-7-8-9-10-11-12-13-14-15-16-17-18-19-20-21-22-23(25)26-24(2,3)4/h9-10,12-13,15-16,18-19H,5-8,11,14,17,20-22H2,1-4H3. The predicted molar refractivity (Wildman–Crippen MR) is 114 cm³/mol. The van der Waals surface area contributed by atoms with E-state index in [-0.39, 0.29) is 11.6 Å². The summed E-state index contributed by atoms with van der Waals surface area (Å²) in [5, 5.41) is 0. The maximum Gasteiger partial charge on any atom is 0.306 e. The fraction of sp³-hybridized carbons (Fsp3) is 0.625. The number of carbonyl (C=O) groups is 1. The molecule has 0 aliphatic heterocycles. The Balaban J connectivity index is 3.53. The molecule has 0 atom stereocenters. The van der Waals surface area contributed by atoms with Gasteiger partial charge >= 0.3 is 5.97 Å². The number of unbranched alkanes of at least 4 members (excludes halogenated alkanes) is 4. The maximum absolute atomic E-state index is 11.6. The third-order valence-corrected chi connectivity index (χ3v) is 3.63. The molecule has 148 valence electrons. The predicted octanol–water partition coefficient (Wildman–Crippen LogP) is 7.47. The Morgan fingerprint density at radius 2 is 1.19 bits per heavy atom. The van der Waals surface area contributed by atoms with Crippen molar-refractivity contribution in [2.45, 2.75) is 97.5 Å². The van der Waals surface area contributed by atoms with Gasteiger partial charge in [-0.2, -0.15) is 0 Å². The summed E-state index contributed by atoms with van der Waals surface area (Å²) in [5.41, 5.74) is -0.378. The van der Waals surface area contributed by atoms with E-state index in [0.717, 1.165) is 32.1 Å². The van der Waals surface area contributed by atoms with Crippen LogP contribution in [0.25, 0.3) is 0 Å². The first-order valence-electron chi connectivity index (χ1n) is 10.3. The average Bonchev–Trinajstić information content (AvgIpc) is 2.56. The number of hydrogen-bond acceptors (Lipinski definition) is 2. The van der Waals surface area contributed by atoms with Gasteiger partial charge in [-0.15, -0.1) is 0 Å². The Hall–Kier alpha value is -1.57. The molecule has 2 nitrogen and oxygen atoms in total. The molecule has 0 rings (SSSR count). The number of ether oxygens (including phenoxy) is 1. The van der Waals surface area contributed by atoms with E-state index in [9.17, 15) is 4.79 Å². The summed E-state index contributed by atoms with van der Waals surface area (Å²) in [7, 11) is 0. The van der Waals surface area contributed by atoms with Crippen LogP contribution in [0.2, 0.25) is 0 Å². The molecule has 0 aromatic carbocycles. The first-order valence-corrected chi connectivity index (χ1v) is 10.3. The van der Waals surface area contributed by atoms with Crippen molar-refractivity contribution in [2.75, 3.05) is 0 Å². The van der Waals surface area contributed by atoms with E-state index in [1.807, 2.05) is 20.8 Å². The van der Waals surface area contributed by atoms with Crippen LogP contribution in [-0.2, 0) is 9.53 Å². The van der Waals surface area contributed by atoms with Crippen LogP contribution >= 0.6 is 0 Å². The minimum absolute atomic E-state index is 0.103. The van der Waals surface area contributed by atoms with Gasteiger partial charge < -0.3 is 4.74 Å². The van der Waals surface area contributed by atoms with Crippen LogP contribution in [0.4, 0.5) is 0 Å². The summed E-state index contributed by atoms with van der Waals surface area (Å²) >= 11 is 0. The van der Waals surface area contributed by atoms with Gasteiger partial charge in [-0.05, 0) is 65.7 Å². The van der Waals surface area contributed by atoms with Crippen LogP contribution in [0.1, 0.15) is 91.9 Å². The smallest absolute Gasteiger partial charge is 0.306 e. The Morgan fingerprint density at radius 3 is 1.65 bits per heavy atom. The molecular formula is C24H40O2. The van der Waals surface area contributed by atoms with Crippen molar-refractivity contribution >= 4 is 5.97 Å². The molecule has 0 aromatic rings. The van der Waals surface area contributed by atoms with Crippen LogP contribution in [0, 0.1) is 0 Å². The Morgan fingerprint density at radius 1 is 0.731 bits per heavy atom. The minimum Gasteiger partial charge on any atom is -0.460 e. The molecule has 0 saturated heterocycles. The van der Waals surface area contributed by atoms with Crippen molar-refractivity contribution in [1.82, 2.24) is 0 Å². The molecule has 0 aliphatic carbocycles. The summed E-state index contributed by atoms with van der Waals surface area (Å²) in [6.45, 7) is 7.94. The van der Waals surface area contributed by atoms with E-state index >= 15 is 0 Å². The van der Waals surface area contributed by atoms with Crippen molar-refractivity contribution in [3.8, 4) is 0 Å². The molecule has 0 saturated carbocycles. The third-order valence-electron chi connectivity index (χ3n) is 3.63. The number of hydrogen-bond donors (Lipinski definition) is 0. The molecule has 26 heavy (non-hydrogen) atoms. The fourth-order valence-corrected chi connectivity index (χ4v) is 2.32. The summed E-state index contributed by atoms with van der Waals surface area (Å²) < 4.78 is 5.28. The quantitative estimate of drug-likeness (QED) is 0.182. The van der Waals surface area contributed by atoms with Gasteiger partial charge in [-0.25, -0.2) is 0 Å². The average molecular weight is 361 g/mol. The first kappa shape index (κ1) is 24.4. The molecule has 0 amide bonds. The molecular weight excluding hydrogens is 320 g/mol. The third kappa shape index (κ3) is 20.5. The van der Waals surface area contributed by atoms with Crippen LogP contribution in [0.3, 0.4) is 0 Å². The Kier molecular flexibility index (Phi) is 15.9. The van der Waals surface area contributed by atoms with Crippen molar-refractivity contribution in [2.24, 2.45) is 0 Å². The van der Waals surface area contributed by atoms with Gasteiger partial charge in [0, 0.05) is 6.42 Å². The van der Waals surface area contributed by atoms with Crippen LogP contribution < -0.4 is 0 Å². The lowest BCUT2D eigenvalue weighted by Gasteiger charge is -2.19. The fourth-order valence-electron chi connectivity index (χ4n) is 2.32. The van der Waals surface area contributed by atoms with Gasteiger partial charge in [0.2, 0.25) is 0 Å². The number of rotatable bonds is 14. The van der Waals surface area contributed by atoms with Crippen molar-refractivity contribution in [3.63, 3.8) is 0 Å². The van der Waals surface area contributed by atoms with Gasteiger partial charge in [0.05, 0.1) is 0 Å². The number of allylic oxidation sites excluding steroid dienone is 8. The lowest BCUT2D eigenvalue weighted by atomic mass is 10.2. The van der Waals surface area contributed by atoms with E-state index in [1.165, 1.54) is 25.7 Å². The lowest BCUT2D eigenvalue weighted by molar-refractivity contribution is -0.154. The second kappa shape index (κ2) is 16.9. The van der Waals surface area contributed by atoms with E-state index in [0.29, 0.717) is 6.42 Å². The topological polar surface area (TPSA) is 26.3 Å². The molecule has 0 fully saturated rings. The highest BCUT2D eigenvalue weighted by Gasteiger charge is 2.15. The van der Waals surface area contributed by atoms with Crippen molar-refractivity contribution in [3.05, 3.63) is 48.6 Å². The SMILES string of the molecule is CCCCCC=CCC=CCC=CCC=CCCCC(=O)OC(C)(C)C. The Bertz CT molecular complexity index is 447. The molecule has 0 N–H and O–H groups in total. The van der Waals surface area contributed by atoms with E-state index in [1.54, 1.807) is 0 Å². The summed E-state index contributed by atoms with van der Waals surface area (Å²) in [6.07, 6.45) is 28.1. The molecule has 0 aliphatic rings. The van der Waals surface area contributed by atoms with Crippen LogP contribution in [-0.4, -0.2) is 11.6 Å². The maximum atomic E-state index is 11.6. The van der Waals surface area contributed by atoms with E-state index in [4.69, 9.17) is 4.74 Å². The van der Waals surface area contributed by atoms with Gasteiger partial charge in [0.1, 0.15) is 5.60 Å². The zero-order valence-electron chi connectivity index (χ0n) is 17.5. The van der Waals surface area contributed by atoms with Gasteiger partial charge in [-0.3, -0.25) is 4.79 Å². The van der Waals surface area contributed by atoms with E-state index in [2.05, 4.69) is 55.5 Å². The zero-order valence-corrected chi connectivity index (χ0v) is 17.5. The van der Waals surface area contributed by atoms with Crippen molar-refractivity contribution < 1.29 is 9.53 Å². The molecule has 0 spiro atoms. The first-order chi connectivity index (χ1) is 12.5. The zero-order chi connectivity index (χ0) is 19.5. The second-order valence-electron chi connectivity index (χ2n) is 7.57. The lowest BCUT2D eigenvalue weighted by Crippen LogP contribution is -2.23. The van der Waals surface area contributed by atoms with Crippen LogP contribution in [0.15, 0.2) is 48.6 Å². The molecule has 0 radical (unpaired) electrons. The molecule has 0 aromatic heterocycles. The van der Waals surface area contributed by atoms with E-state index < -0.39 is 0 Å². The van der Waals surface area contributed by atoms with Gasteiger partial charge in [0.25, 0.3) is 0 Å². The largest absolute Gasteiger partial charge is 0.460 e. The summed E-state index contributed by atoms with van der Waals surface area (Å²) in [6, 6.07) is 0.